The molecular weight excluding hydrogens is 468 g/mol. The second-order valence-electron chi connectivity index (χ2n) is 10.7. The van der Waals surface area contributed by atoms with Crippen molar-refractivity contribution in [2.75, 3.05) is 20.8 Å². The molecule has 198 valence electrons. The molecule has 6 heteroatoms. The van der Waals surface area contributed by atoms with Crippen molar-refractivity contribution in [3.63, 3.8) is 0 Å². The van der Waals surface area contributed by atoms with E-state index in [1.54, 1.807) is 7.11 Å². The van der Waals surface area contributed by atoms with E-state index in [0.29, 0.717) is 18.9 Å². The number of fused-ring (bicyclic) bond motifs is 1. The summed E-state index contributed by atoms with van der Waals surface area (Å²) in [6.45, 7) is 16.3. The first kappa shape index (κ1) is 29.7. The highest BCUT2D eigenvalue weighted by Gasteiger charge is 2.43. The smallest absolute Gasteiger partial charge is 0.384 e. The third-order valence-electron chi connectivity index (χ3n) is 7.80. The first-order valence-corrected chi connectivity index (χ1v) is 15.7. The lowest BCUT2D eigenvalue weighted by molar-refractivity contribution is -0.133. The molecule has 1 aromatic rings. The SMILES string of the molecule is COC(=O)C#CCC/C=C(/C)[C@@H](CO[Si](C)(C)C(C)(C)C(C)C)OC1=CCCc2cc(OC)ccc21. The molecule has 0 unspecified atom stereocenters. The molecule has 1 atom stereocenters. The Morgan fingerprint density at radius 3 is 2.58 bits per heavy atom. The highest BCUT2D eigenvalue weighted by atomic mass is 28.4. The number of allylic oxidation sites excluding steroid dienone is 2. The van der Waals surface area contributed by atoms with Gasteiger partial charge in [-0.15, -0.1) is 0 Å². The van der Waals surface area contributed by atoms with Gasteiger partial charge in [-0.25, -0.2) is 4.79 Å². The average molecular weight is 513 g/mol. The lowest BCUT2D eigenvalue weighted by Crippen LogP contribution is -2.46. The van der Waals surface area contributed by atoms with Crippen LogP contribution in [0.4, 0.5) is 0 Å². The Hall–Kier alpha value is -2.49. The lowest BCUT2D eigenvalue weighted by atomic mass is 9.95. The van der Waals surface area contributed by atoms with Crippen LogP contribution in [0.2, 0.25) is 18.1 Å². The third kappa shape index (κ3) is 7.75. The Labute approximate surface area is 219 Å². The van der Waals surface area contributed by atoms with Gasteiger partial charge in [-0.2, -0.15) is 0 Å². The average Bonchev–Trinajstić information content (AvgIpc) is 2.85. The minimum absolute atomic E-state index is 0.117. The summed E-state index contributed by atoms with van der Waals surface area (Å²) in [4.78, 5) is 11.2. The van der Waals surface area contributed by atoms with Crippen molar-refractivity contribution >= 4 is 20.0 Å². The number of rotatable bonds is 11. The van der Waals surface area contributed by atoms with Crippen LogP contribution in [0.3, 0.4) is 0 Å². The van der Waals surface area contributed by atoms with Crippen LogP contribution < -0.4 is 4.74 Å². The molecule has 1 aliphatic carbocycles. The zero-order valence-corrected chi connectivity index (χ0v) is 24.6. The molecule has 0 fully saturated rings. The maximum atomic E-state index is 11.2. The number of methoxy groups -OCH3 is 2. The van der Waals surface area contributed by atoms with Gasteiger partial charge in [0.1, 0.15) is 17.6 Å². The van der Waals surface area contributed by atoms with Crippen molar-refractivity contribution in [2.45, 2.75) is 84.5 Å². The van der Waals surface area contributed by atoms with Crippen molar-refractivity contribution < 1.29 is 23.4 Å². The maximum Gasteiger partial charge on any atom is 0.384 e. The van der Waals surface area contributed by atoms with Crippen LogP contribution in [0.5, 0.6) is 5.75 Å². The standard InChI is InChI=1S/C30H44O5Si/c1-22(2)30(4,5)36(8,9)34-21-28(23(3)14-11-10-12-17-29(31)33-7)35-27-16-13-15-24-20-25(32-6)18-19-26(24)27/h14,16,18-20,22,28H,10-11,13,15,21H2,1-9H3/b23-14-/t28-/m1/s1. The van der Waals surface area contributed by atoms with Crippen LogP contribution in [-0.4, -0.2) is 41.2 Å². The van der Waals surface area contributed by atoms with Gasteiger partial charge in [0, 0.05) is 17.9 Å². The number of carbonyl (C=O) groups excluding carboxylic acids is 1. The molecule has 0 saturated heterocycles. The predicted octanol–water partition coefficient (Wildman–Crippen LogP) is 6.93. The molecule has 0 N–H and O–H groups in total. The lowest BCUT2D eigenvalue weighted by Gasteiger charge is -2.43. The largest absolute Gasteiger partial charge is 0.497 e. The Balaban J connectivity index is 2.25. The number of hydrogen-bond donors (Lipinski definition) is 0. The summed E-state index contributed by atoms with van der Waals surface area (Å²) in [5, 5.41) is 0.117. The van der Waals surface area contributed by atoms with Gasteiger partial charge in [0.2, 0.25) is 0 Å². The minimum atomic E-state index is -2.03. The molecule has 5 nitrogen and oxygen atoms in total. The predicted molar refractivity (Wildman–Crippen MR) is 149 cm³/mol. The first-order chi connectivity index (χ1) is 16.9. The Bertz CT molecular complexity index is 1020. The molecule has 0 radical (unpaired) electrons. The van der Waals surface area contributed by atoms with Gasteiger partial charge >= 0.3 is 5.97 Å². The van der Waals surface area contributed by atoms with Crippen molar-refractivity contribution in [1.29, 1.82) is 0 Å². The number of benzene rings is 1. The van der Waals surface area contributed by atoms with E-state index in [4.69, 9.17) is 13.9 Å². The van der Waals surface area contributed by atoms with Crippen LogP contribution in [0.1, 0.15) is 65.0 Å². The van der Waals surface area contributed by atoms with Gasteiger partial charge < -0.3 is 18.6 Å². The van der Waals surface area contributed by atoms with Crippen molar-refractivity contribution in [1.82, 2.24) is 0 Å². The summed E-state index contributed by atoms with van der Waals surface area (Å²) in [5.74, 6) is 7.12. The Morgan fingerprint density at radius 1 is 1.22 bits per heavy atom. The van der Waals surface area contributed by atoms with Gasteiger partial charge in [-0.05, 0) is 85.6 Å². The van der Waals surface area contributed by atoms with Crippen molar-refractivity contribution in [3.05, 3.63) is 47.1 Å². The topological polar surface area (TPSA) is 54.0 Å². The highest BCUT2D eigenvalue weighted by molar-refractivity contribution is 6.74. The quantitative estimate of drug-likeness (QED) is 0.0804. The molecule has 0 spiro atoms. The summed E-state index contributed by atoms with van der Waals surface area (Å²) in [7, 11) is 0.999. The van der Waals surface area contributed by atoms with E-state index in [2.05, 4.69) is 88.6 Å². The van der Waals surface area contributed by atoms with Crippen LogP contribution >= 0.6 is 0 Å². The molecule has 1 aliphatic rings. The van der Waals surface area contributed by atoms with Gasteiger partial charge in [0.25, 0.3) is 0 Å². The van der Waals surface area contributed by atoms with E-state index in [1.807, 2.05) is 6.07 Å². The maximum absolute atomic E-state index is 11.2. The van der Waals surface area contributed by atoms with E-state index in [-0.39, 0.29) is 11.1 Å². The highest BCUT2D eigenvalue weighted by Crippen LogP contribution is 2.45. The summed E-state index contributed by atoms with van der Waals surface area (Å²) >= 11 is 0. The van der Waals surface area contributed by atoms with Crippen LogP contribution in [0, 0.1) is 17.8 Å². The van der Waals surface area contributed by atoms with Gasteiger partial charge in [-0.3, -0.25) is 0 Å². The Morgan fingerprint density at radius 2 is 1.94 bits per heavy atom. The van der Waals surface area contributed by atoms with E-state index in [1.165, 1.54) is 12.7 Å². The molecule has 1 aromatic carbocycles. The number of unbranched alkanes of at least 4 members (excludes halogenated alkanes) is 1. The van der Waals surface area contributed by atoms with E-state index < -0.39 is 14.3 Å². The molecule has 0 saturated carbocycles. The van der Waals surface area contributed by atoms with E-state index >= 15 is 0 Å². The van der Waals surface area contributed by atoms with Gasteiger partial charge in [0.15, 0.2) is 8.32 Å². The van der Waals surface area contributed by atoms with Crippen molar-refractivity contribution in [3.8, 4) is 17.6 Å². The van der Waals surface area contributed by atoms with Gasteiger partial charge in [0.05, 0.1) is 20.8 Å². The summed E-state index contributed by atoms with van der Waals surface area (Å²) < 4.78 is 23.4. The molecule has 0 bridgehead atoms. The summed E-state index contributed by atoms with van der Waals surface area (Å²) in [6.07, 6.45) is 7.30. The zero-order chi connectivity index (χ0) is 26.9. The molecular formula is C30H44O5Si. The number of ether oxygens (including phenoxy) is 3. The normalized spacial score (nSPS) is 14.8. The number of carbonyl (C=O) groups is 1. The van der Waals surface area contributed by atoms with Crippen LogP contribution in [0.15, 0.2) is 35.9 Å². The van der Waals surface area contributed by atoms with Crippen LogP contribution in [-0.2, 0) is 25.1 Å². The van der Waals surface area contributed by atoms with Gasteiger partial charge in [-0.1, -0.05) is 39.7 Å². The fourth-order valence-electron chi connectivity index (χ4n) is 3.99. The fourth-order valence-corrected chi connectivity index (χ4v) is 6.32. The monoisotopic (exact) mass is 512 g/mol. The minimum Gasteiger partial charge on any atom is -0.497 e. The van der Waals surface area contributed by atoms with Crippen LogP contribution in [0.25, 0.3) is 5.76 Å². The zero-order valence-electron chi connectivity index (χ0n) is 23.6. The molecule has 0 heterocycles. The van der Waals surface area contributed by atoms with E-state index in [0.717, 1.165) is 41.9 Å². The molecule has 2 rings (SSSR count). The fraction of sp³-hybridized carbons (Fsp3) is 0.567. The molecule has 0 aromatic heterocycles. The third-order valence-corrected chi connectivity index (χ3v) is 12.4. The molecule has 0 aliphatic heterocycles. The molecule has 0 amide bonds. The summed E-state index contributed by atoms with van der Waals surface area (Å²) in [6, 6.07) is 6.16. The van der Waals surface area contributed by atoms with E-state index in [9.17, 15) is 4.79 Å². The molecule has 36 heavy (non-hydrogen) atoms. The number of hydrogen-bond acceptors (Lipinski definition) is 5. The first-order valence-electron chi connectivity index (χ1n) is 12.8. The second-order valence-corrected chi connectivity index (χ2v) is 15.3. The second kappa shape index (κ2) is 13.2. The Kier molecular flexibility index (Phi) is 10.9. The summed E-state index contributed by atoms with van der Waals surface area (Å²) in [5.41, 5.74) is 3.45. The van der Waals surface area contributed by atoms with Crippen molar-refractivity contribution in [2.24, 2.45) is 5.92 Å². The number of aryl methyl sites for hydroxylation is 1. The number of esters is 1.